The van der Waals surface area contributed by atoms with Crippen LogP contribution in [-0.2, 0) is 9.47 Å². The van der Waals surface area contributed by atoms with E-state index in [4.69, 9.17) is 21.1 Å². The Kier molecular flexibility index (Phi) is 4.51. The summed E-state index contributed by atoms with van der Waals surface area (Å²) in [6.07, 6.45) is 7.00. The summed E-state index contributed by atoms with van der Waals surface area (Å²) in [5.41, 5.74) is 0.150. The van der Waals surface area contributed by atoms with E-state index in [1.807, 2.05) is 0 Å². The zero-order valence-corrected chi connectivity index (χ0v) is 11.0. The first-order chi connectivity index (χ1) is 7.70. The van der Waals surface area contributed by atoms with Crippen molar-refractivity contribution in [3.8, 4) is 0 Å². The zero-order chi connectivity index (χ0) is 11.4. The standard InChI is InChI=1S/C13H23ClO2/c1-11(14)2-3-12-4-7-16-13(10-12)5-8-15-9-6-13/h11-12H,2-10H2,1H3. The van der Waals surface area contributed by atoms with E-state index in [0.29, 0.717) is 5.38 Å². The van der Waals surface area contributed by atoms with Gasteiger partial charge >= 0.3 is 0 Å². The highest BCUT2D eigenvalue weighted by Gasteiger charge is 2.38. The predicted molar refractivity (Wildman–Crippen MR) is 66.0 cm³/mol. The van der Waals surface area contributed by atoms with Gasteiger partial charge in [-0.05, 0) is 51.4 Å². The van der Waals surface area contributed by atoms with Crippen LogP contribution >= 0.6 is 11.6 Å². The van der Waals surface area contributed by atoms with Crippen LogP contribution in [0.15, 0.2) is 0 Å². The lowest BCUT2D eigenvalue weighted by Crippen LogP contribution is -2.44. The highest BCUT2D eigenvalue weighted by molar-refractivity contribution is 6.20. The third-order valence-corrected chi connectivity index (χ3v) is 4.19. The minimum absolute atomic E-state index is 0.150. The molecule has 0 aliphatic carbocycles. The molecule has 2 atom stereocenters. The molecule has 16 heavy (non-hydrogen) atoms. The molecule has 2 aliphatic heterocycles. The van der Waals surface area contributed by atoms with Crippen molar-refractivity contribution in [3.05, 3.63) is 0 Å². The van der Waals surface area contributed by atoms with Crippen LogP contribution in [0.25, 0.3) is 0 Å². The van der Waals surface area contributed by atoms with Gasteiger partial charge < -0.3 is 9.47 Å². The molecule has 0 N–H and O–H groups in total. The van der Waals surface area contributed by atoms with Gasteiger partial charge in [-0.3, -0.25) is 0 Å². The predicted octanol–water partition coefficient (Wildman–Crippen LogP) is 3.37. The summed E-state index contributed by atoms with van der Waals surface area (Å²) in [5.74, 6) is 0.813. The van der Waals surface area contributed by atoms with Gasteiger partial charge in [0.15, 0.2) is 0 Å². The van der Waals surface area contributed by atoms with E-state index in [1.165, 1.54) is 19.3 Å². The molecule has 1 spiro atoms. The molecule has 2 fully saturated rings. The minimum atomic E-state index is 0.150. The van der Waals surface area contributed by atoms with Crippen molar-refractivity contribution in [2.24, 2.45) is 5.92 Å². The topological polar surface area (TPSA) is 18.5 Å². The van der Waals surface area contributed by atoms with Crippen LogP contribution in [0.2, 0.25) is 0 Å². The SMILES string of the molecule is CC(Cl)CCC1CCOC2(CCOCC2)C1. The molecule has 2 rings (SSSR count). The maximum absolute atomic E-state index is 6.03. The molecule has 0 bridgehead atoms. The number of rotatable bonds is 3. The number of hydrogen-bond acceptors (Lipinski definition) is 2. The Labute approximate surface area is 104 Å². The van der Waals surface area contributed by atoms with Gasteiger partial charge in [-0.15, -0.1) is 11.6 Å². The van der Waals surface area contributed by atoms with Gasteiger partial charge in [0.2, 0.25) is 0 Å². The number of halogens is 1. The van der Waals surface area contributed by atoms with Crippen molar-refractivity contribution in [2.75, 3.05) is 19.8 Å². The van der Waals surface area contributed by atoms with E-state index in [0.717, 1.165) is 45.0 Å². The molecule has 3 heteroatoms. The maximum atomic E-state index is 6.03. The van der Waals surface area contributed by atoms with Crippen molar-refractivity contribution in [1.82, 2.24) is 0 Å². The fraction of sp³-hybridized carbons (Fsp3) is 1.00. The number of alkyl halides is 1. The first-order valence-corrected chi connectivity index (χ1v) is 7.00. The van der Waals surface area contributed by atoms with E-state index in [9.17, 15) is 0 Å². The lowest BCUT2D eigenvalue weighted by atomic mass is 9.79. The molecular formula is C13H23ClO2. The molecular weight excluding hydrogens is 224 g/mol. The molecule has 0 amide bonds. The Bertz CT molecular complexity index is 206. The van der Waals surface area contributed by atoms with Gasteiger partial charge in [-0.2, -0.15) is 0 Å². The van der Waals surface area contributed by atoms with Crippen LogP contribution in [-0.4, -0.2) is 30.8 Å². The average molecular weight is 247 g/mol. The van der Waals surface area contributed by atoms with Gasteiger partial charge in [-0.1, -0.05) is 0 Å². The fourth-order valence-corrected chi connectivity index (χ4v) is 3.06. The van der Waals surface area contributed by atoms with Gasteiger partial charge in [0.05, 0.1) is 5.60 Å². The second-order valence-corrected chi connectivity index (χ2v) is 6.11. The Balaban J connectivity index is 1.83. The highest BCUT2D eigenvalue weighted by atomic mass is 35.5. The van der Waals surface area contributed by atoms with Crippen molar-refractivity contribution >= 4 is 11.6 Å². The summed E-state index contributed by atoms with van der Waals surface area (Å²) < 4.78 is 11.5. The second-order valence-electron chi connectivity index (χ2n) is 5.36. The Morgan fingerprint density at radius 1 is 1.31 bits per heavy atom. The molecule has 2 heterocycles. The van der Waals surface area contributed by atoms with E-state index in [-0.39, 0.29) is 5.60 Å². The van der Waals surface area contributed by atoms with Crippen LogP contribution < -0.4 is 0 Å². The molecule has 0 radical (unpaired) electrons. The maximum Gasteiger partial charge on any atom is 0.0729 e. The second kappa shape index (κ2) is 5.70. The van der Waals surface area contributed by atoms with E-state index in [1.54, 1.807) is 0 Å². The van der Waals surface area contributed by atoms with Crippen LogP contribution in [0.3, 0.4) is 0 Å². The third-order valence-electron chi connectivity index (χ3n) is 3.97. The van der Waals surface area contributed by atoms with Crippen LogP contribution in [0.1, 0.15) is 45.4 Å². The lowest BCUT2D eigenvalue weighted by molar-refractivity contribution is -0.147. The summed E-state index contributed by atoms with van der Waals surface area (Å²) in [7, 11) is 0. The molecule has 2 nitrogen and oxygen atoms in total. The van der Waals surface area contributed by atoms with Gasteiger partial charge in [0.1, 0.15) is 0 Å². The number of hydrogen-bond donors (Lipinski definition) is 0. The molecule has 2 unspecified atom stereocenters. The summed E-state index contributed by atoms with van der Waals surface area (Å²) >= 11 is 6.02. The molecule has 2 aliphatic rings. The first kappa shape index (κ1) is 12.7. The Hall–Kier alpha value is 0.210. The monoisotopic (exact) mass is 246 g/mol. The molecule has 94 valence electrons. The molecule has 0 aromatic rings. The molecule has 0 aromatic heterocycles. The Morgan fingerprint density at radius 3 is 2.75 bits per heavy atom. The van der Waals surface area contributed by atoms with Crippen molar-refractivity contribution in [1.29, 1.82) is 0 Å². The zero-order valence-electron chi connectivity index (χ0n) is 10.2. The van der Waals surface area contributed by atoms with E-state index in [2.05, 4.69) is 6.92 Å². The molecule has 2 saturated heterocycles. The normalized spacial score (nSPS) is 31.5. The van der Waals surface area contributed by atoms with Crippen LogP contribution in [0.5, 0.6) is 0 Å². The fourth-order valence-electron chi connectivity index (χ4n) is 2.93. The quantitative estimate of drug-likeness (QED) is 0.711. The lowest BCUT2D eigenvalue weighted by Gasteiger charge is -2.43. The summed E-state index contributed by atoms with van der Waals surface area (Å²) in [4.78, 5) is 0. The average Bonchev–Trinajstić information content (AvgIpc) is 2.28. The largest absolute Gasteiger partial charge is 0.381 e. The van der Waals surface area contributed by atoms with Crippen LogP contribution in [0.4, 0.5) is 0 Å². The molecule has 0 aromatic carbocycles. The summed E-state index contributed by atoms with van der Waals surface area (Å²) in [6.45, 7) is 4.77. The smallest absolute Gasteiger partial charge is 0.0729 e. The van der Waals surface area contributed by atoms with E-state index < -0.39 is 0 Å². The summed E-state index contributed by atoms with van der Waals surface area (Å²) in [6, 6.07) is 0. The Morgan fingerprint density at radius 2 is 2.06 bits per heavy atom. The van der Waals surface area contributed by atoms with E-state index >= 15 is 0 Å². The minimum Gasteiger partial charge on any atom is -0.381 e. The van der Waals surface area contributed by atoms with Gasteiger partial charge in [0.25, 0.3) is 0 Å². The highest BCUT2D eigenvalue weighted by Crippen LogP contribution is 2.38. The van der Waals surface area contributed by atoms with Crippen LogP contribution in [0, 0.1) is 5.92 Å². The van der Waals surface area contributed by atoms with Gasteiger partial charge in [-0.25, -0.2) is 0 Å². The van der Waals surface area contributed by atoms with Crippen molar-refractivity contribution in [2.45, 2.75) is 56.4 Å². The van der Waals surface area contributed by atoms with Gasteiger partial charge in [0, 0.05) is 25.2 Å². The molecule has 0 saturated carbocycles. The first-order valence-electron chi connectivity index (χ1n) is 6.56. The number of ether oxygens (including phenoxy) is 2. The third kappa shape index (κ3) is 3.35. The van der Waals surface area contributed by atoms with Crippen molar-refractivity contribution < 1.29 is 9.47 Å². The van der Waals surface area contributed by atoms with Crippen molar-refractivity contribution in [3.63, 3.8) is 0 Å². The summed E-state index contributed by atoms with van der Waals surface area (Å²) in [5, 5.41) is 0.313.